The molecule has 0 saturated heterocycles. The molecule has 7 heteroatoms. The van der Waals surface area contributed by atoms with Gasteiger partial charge in [0.15, 0.2) is 0 Å². The highest BCUT2D eigenvalue weighted by Crippen LogP contribution is 2.46. The van der Waals surface area contributed by atoms with Crippen LogP contribution in [0.2, 0.25) is 0 Å². The fourth-order valence-corrected chi connectivity index (χ4v) is 2.36. The van der Waals surface area contributed by atoms with Crippen LogP contribution in [0.25, 0.3) is 0 Å². The predicted molar refractivity (Wildman–Crippen MR) is 75.8 cm³/mol. The number of rotatable bonds is 5. The first-order valence-corrected chi connectivity index (χ1v) is 7.46. The topological polar surface area (TPSA) is 12.4 Å². The van der Waals surface area contributed by atoms with Crippen LogP contribution >= 0.6 is 0 Å². The van der Waals surface area contributed by atoms with Crippen LogP contribution in [-0.2, 0) is 12.4 Å². The van der Waals surface area contributed by atoms with Crippen molar-refractivity contribution >= 4 is 6.21 Å². The van der Waals surface area contributed by atoms with Crippen molar-refractivity contribution in [3.63, 3.8) is 0 Å². The number of aliphatic imine (C=N–C) groups is 1. The Hall–Kier alpha value is -1.53. The van der Waals surface area contributed by atoms with Crippen LogP contribution in [0, 0.1) is 0 Å². The van der Waals surface area contributed by atoms with Gasteiger partial charge < -0.3 is 0 Å². The molecule has 23 heavy (non-hydrogen) atoms. The molecule has 0 heterocycles. The van der Waals surface area contributed by atoms with Crippen LogP contribution < -0.4 is 0 Å². The monoisotopic (exact) mass is 337 g/mol. The Morgan fingerprint density at radius 1 is 1.09 bits per heavy atom. The highest BCUT2D eigenvalue weighted by Gasteiger charge is 2.41. The van der Waals surface area contributed by atoms with Crippen molar-refractivity contribution in [3.8, 4) is 0 Å². The summed E-state index contributed by atoms with van der Waals surface area (Å²) in [5, 5.41) is 0. The zero-order chi connectivity index (χ0) is 17.3. The predicted octanol–water partition coefficient (Wildman–Crippen LogP) is 5.82. The smallest absolute Gasteiger partial charge is 0.293 e. The summed E-state index contributed by atoms with van der Waals surface area (Å²) in [6, 6.07) is 1.03. The second-order valence-electron chi connectivity index (χ2n) is 5.69. The SMILES string of the molecule is CCCCN=Cc1c(C2CC2)cc(C(F)(F)F)cc1C(F)(F)F. The molecule has 128 valence electrons. The van der Waals surface area contributed by atoms with E-state index in [0.29, 0.717) is 19.4 Å². The first kappa shape index (κ1) is 17.8. The minimum atomic E-state index is -4.85. The Morgan fingerprint density at radius 2 is 1.74 bits per heavy atom. The molecule has 0 spiro atoms. The number of hydrogen-bond donors (Lipinski definition) is 0. The lowest BCUT2D eigenvalue weighted by Gasteiger charge is -2.18. The van der Waals surface area contributed by atoms with Gasteiger partial charge in [0.05, 0.1) is 11.1 Å². The summed E-state index contributed by atoms with van der Waals surface area (Å²) < 4.78 is 78.4. The van der Waals surface area contributed by atoms with E-state index in [9.17, 15) is 26.3 Å². The molecule has 0 unspecified atom stereocenters. The van der Waals surface area contributed by atoms with E-state index in [4.69, 9.17) is 0 Å². The molecule has 2 rings (SSSR count). The first-order valence-electron chi connectivity index (χ1n) is 7.46. The van der Waals surface area contributed by atoms with Crippen molar-refractivity contribution in [2.45, 2.75) is 50.9 Å². The molecule has 0 aliphatic heterocycles. The van der Waals surface area contributed by atoms with Gasteiger partial charge in [-0.1, -0.05) is 13.3 Å². The van der Waals surface area contributed by atoms with E-state index in [1.165, 1.54) is 0 Å². The molecule has 0 radical (unpaired) electrons. The normalized spacial score (nSPS) is 16.3. The summed E-state index contributed by atoms with van der Waals surface area (Å²) in [4.78, 5) is 3.96. The summed E-state index contributed by atoms with van der Waals surface area (Å²) >= 11 is 0. The molecule has 1 aliphatic carbocycles. The van der Waals surface area contributed by atoms with Crippen molar-refractivity contribution in [2.75, 3.05) is 6.54 Å². The fourth-order valence-electron chi connectivity index (χ4n) is 2.36. The lowest BCUT2D eigenvalue weighted by Crippen LogP contribution is -2.15. The maximum Gasteiger partial charge on any atom is 0.417 e. The molecule has 0 amide bonds. The molecule has 1 fully saturated rings. The van der Waals surface area contributed by atoms with Crippen molar-refractivity contribution < 1.29 is 26.3 Å². The first-order chi connectivity index (χ1) is 10.6. The van der Waals surface area contributed by atoms with E-state index >= 15 is 0 Å². The fraction of sp³-hybridized carbons (Fsp3) is 0.562. The number of hydrogen-bond acceptors (Lipinski definition) is 1. The van der Waals surface area contributed by atoms with Gasteiger partial charge in [-0.25, -0.2) is 0 Å². The minimum Gasteiger partial charge on any atom is -0.293 e. The largest absolute Gasteiger partial charge is 0.417 e. The van der Waals surface area contributed by atoms with Gasteiger partial charge in [0, 0.05) is 18.3 Å². The Bertz CT molecular complexity index is 581. The summed E-state index contributed by atoms with van der Waals surface area (Å²) in [6.45, 7) is 2.28. The second-order valence-corrected chi connectivity index (χ2v) is 5.69. The van der Waals surface area contributed by atoms with E-state index < -0.39 is 23.5 Å². The number of alkyl halides is 6. The van der Waals surface area contributed by atoms with E-state index in [-0.39, 0.29) is 23.1 Å². The van der Waals surface area contributed by atoms with E-state index in [2.05, 4.69) is 4.99 Å². The van der Waals surface area contributed by atoms with Gasteiger partial charge >= 0.3 is 12.4 Å². The molecule has 1 aromatic rings. The molecular formula is C16H17F6N. The quantitative estimate of drug-likeness (QED) is 0.365. The van der Waals surface area contributed by atoms with E-state index in [1.807, 2.05) is 6.92 Å². The van der Waals surface area contributed by atoms with Gasteiger partial charge in [0.2, 0.25) is 0 Å². The Kier molecular flexibility index (Phi) is 5.06. The molecule has 1 nitrogen and oxygen atoms in total. The van der Waals surface area contributed by atoms with Crippen molar-refractivity contribution in [2.24, 2.45) is 4.99 Å². The Labute approximate surface area is 130 Å². The number of nitrogens with zero attached hydrogens (tertiary/aromatic N) is 1. The molecule has 0 atom stereocenters. The maximum atomic E-state index is 13.2. The summed E-state index contributed by atoms with van der Waals surface area (Å²) in [5.41, 5.74) is -2.62. The van der Waals surface area contributed by atoms with Crippen LogP contribution in [-0.4, -0.2) is 12.8 Å². The minimum absolute atomic E-state index is 0.104. The van der Waals surface area contributed by atoms with Crippen molar-refractivity contribution in [3.05, 3.63) is 34.4 Å². The summed E-state index contributed by atoms with van der Waals surface area (Å²) in [5.74, 6) is -0.244. The Balaban J connectivity index is 2.54. The molecule has 0 N–H and O–H groups in total. The highest BCUT2D eigenvalue weighted by molar-refractivity contribution is 5.85. The van der Waals surface area contributed by atoms with Crippen LogP contribution in [0.4, 0.5) is 26.3 Å². The van der Waals surface area contributed by atoms with E-state index in [0.717, 1.165) is 25.1 Å². The van der Waals surface area contributed by atoms with Crippen LogP contribution in [0.3, 0.4) is 0 Å². The summed E-state index contributed by atoms with van der Waals surface area (Å²) in [7, 11) is 0. The van der Waals surface area contributed by atoms with Crippen LogP contribution in [0.15, 0.2) is 17.1 Å². The number of benzene rings is 1. The van der Waals surface area contributed by atoms with Crippen molar-refractivity contribution in [1.29, 1.82) is 0 Å². The number of unbranched alkanes of at least 4 members (excludes halogenated alkanes) is 1. The van der Waals surface area contributed by atoms with E-state index in [1.54, 1.807) is 0 Å². The third-order valence-electron chi connectivity index (χ3n) is 3.72. The second kappa shape index (κ2) is 6.53. The zero-order valence-corrected chi connectivity index (χ0v) is 12.6. The maximum absolute atomic E-state index is 13.2. The summed E-state index contributed by atoms with van der Waals surface area (Å²) in [6.07, 6.45) is -5.79. The van der Waals surface area contributed by atoms with Gasteiger partial charge in [-0.3, -0.25) is 4.99 Å². The van der Waals surface area contributed by atoms with Gasteiger partial charge in [-0.15, -0.1) is 0 Å². The molecule has 1 aromatic carbocycles. The standard InChI is InChI=1S/C16H17F6N/c1-2-3-6-23-9-13-12(10-4-5-10)7-11(15(17,18)19)8-14(13)16(20,21)22/h7-10H,2-6H2,1H3. The third-order valence-corrected chi connectivity index (χ3v) is 3.72. The van der Waals surface area contributed by atoms with Crippen LogP contribution in [0.1, 0.15) is 60.8 Å². The molecular weight excluding hydrogens is 320 g/mol. The Morgan fingerprint density at radius 3 is 2.22 bits per heavy atom. The lowest BCUT2D eigenvalue weighted by atomic mass is 9.94. The molecule has 0 aromatic heterocycles. The van der Waals surface area contributed by atoms with Gasteiger partial charge in [-0.2, -0.15) is 26.3 Å². The third kappa shape index (κ3) is 4.48. The van der Waals surface area contributed by atoms with Gasteiger partial charge in [-0.05, 0) is 42.9 Å². The average molecular weight is 337 g/mol. The van der Waals surface area contributed by atoms with Gasteiger partial charge in [0.1, 0.15) is 0 Å². The lowest BCUT2D eigenvalue weighted by molar-refractivity contribution is -0.143. The van der Waals surface area contributed by atoms with Crippen molar-refractivity contribution in [1.82, 2.24) is 0 Å². The molecule has 1 aliphatic rings. The molecule has 1 saturated carbocycles. The number of halogens is 6. The van der Waals surface area contributed by atoms with Crippen LogP contribution in [0.5, 0.6) is 0 Å². The zero-order valence-electron chi connectivity index (χ0n) is 12.6. The molecule has 0 bridgehead atoms. The average Bonchev–Trinajstić information content (AvgIpc) is 3.25. The van der Waals surface area contributed by atoms with Gasteiger partial charge in [0.25, 0.3) is 0 Å². The highest BCUT2D eigenvalue weighted by atomic mass is 19.4.